The van der Waals surface area contributed by atoms with E-state index in [1.165, 1.54) is 38.0 Å². The average Bonchev–Trinajstić information content (AvgIpc) is 3.10. The Morgan fingerprint density at radius 2 is 2.05 bits per heavy atom. The van der Waals surface area contributed by atoms with Crippen molar-refractivity contribution < 1.29 is 9.47 Å². The molecule has 0 amide bonds. The second-order valence-electron chi connectivity index (χ2n) is 6.14. The smallest absolute Gasteiger partial charge is 0.231 e. The molecule has 0 unspecified atom stereocenters. The highest BCUT2D eigenvalue weighted by molar-refractivity contribution is 5.44. The van der Waals surface area contributed by atoms with Crippen LogP contribution >= 0.6 is 0 Å². The lowest BCUT2D eigenvalue weighted by Gasteiger charge is -2.43. The minimum atomic E-state index is 0.357. The van der Waals surface area contributed by atoms with E-state index in [2.05, 4.69) is 28.9 Å². The van der Waals surface area contributed by atoms with Crippen LogP contribution in [0.5, 0.6) is 11.5 Å². The van der Waals surface area contributed by atoms with Gasteiger partial charge in [0.25, 0.3) is 0 Å². The van der Waals surface area contributed by atoms with Crippen molar-refractivity contribution in [3.8, 4) is 11.5 Å². The van der Waals surface area contributed by atoms with Gasteiger partial charge in [0, 0.05) is 31.7 Å². The first-order valence-electron chi connectivity index (χ1n) is 7.68. The fourth-order valence-electron chi connectivity index (χ4n) is 3.88. The maximum atomic E-state index is 5.48. The highest BCUT2D eigenvalue weighted by atomic mass is 16.7. The number of piperazine rings is 1. The van der Waals surface area contributed by atoms with Crippen LogP contribution in [0.2, 0.25) is 0 Å². The number of hydrogen-bond donors (Lipinski definition) is 0. The topological polar surface area (TPSA) is 24.9 Å². The highest BCUT2D eigenvalue weighted by Gasteiger charge is 2.36. The monoisotopic (exact) mass is 274 g/mol. The SMILES string of the molecule is C[C@@H]1[C@H]2CCCN2CCN1Cc1ccc2c(c1)OCO2. The molecule has 4 nitrogen and oxygen atoms in total. The number of benzene rings is 1. The Bertz CT molecular complexity index is 505. The van der Waals surface area contributed by atoms with Gasteiger partial charge in [0.15, 0.2) is 11.5 Å². The maximum absolute atomic E-state index is 5.48. The number of nitrogens with zero attached hydrogens (tertiary/aromatic N) is 2. The van der Waals surface area contributed by atoms with Crippen LogP contribution in [0.4, 0.5) is 0 Å². The maximum Gasteiger partial charge on any atom is 0.231 e. The largest absolute Gasteiger partial charge is 0.454 e. The van der Waals surface area contributed by atoms with E-state index in [9.17, 15) is 0 Å². The molecule has 2 saturated heterocycles. The summed E-state index contributed by atoms with van der Waals surface area (Å²) in [5, 5.41) is 0. The fourth-order valence-corrected chi connectivity index (χ4v) is 3.88. The first-order valence-corrected chi connectivity index (χ1v) is 7.68. The van der Waals surface area contributed by atoms with Crippen LogP contribution in [0.3, 0.4) is 0 Å². The molecule has 0 bridgehead atoms. The first-order chi connectivity index (χ1) is 9.81. The summed E-state index contributed by atoms with van der Waals surface area (Å²) in [6, 6.07) is 7.75. The summed E-state index contributed by atoms with van der Waals surface area (Å²) in [5.41, 5.74) is 1.33. The Labute approximate surface area is 120 Å². The van der Waals surface area contributed by atoms with Gasteiger partial charge in [-0.1, -0.05) is 6.07 Å². The summed E-state index contributed by atoms with van der Waals surface area (Å²) >= 11 is 0. The van der Waals surface area contributed by atoms with Gasteiger partial charge in [-0.15, -0.1) is 0 Å². The third-order valence-corrected chi connectivity index (χ3v) is 5.04. The summed E-state index contributed by atoms with van der Waals surface area (Å²) < 4.78 is 10.9. The fraction of sp³-hybridized carbons (Fsp3) is 0.625. The molecule has 0 radical (unpaired) electrons. The second kappa shape index (κ2) is 4.93. The van der Waals surface area contributed by atoms with E-state index in [0.717, 1.165) is 24.1 Å². The summed E-state index contributed by atoms with van der Waals surface area (Å²) in [7, 11) is 0. The van der Waals surface area contributed by atoms with E-state index in [-0.39, 0.29) is 0 Å². The Morgan fingerprint density at radius 1 is 1.15 bits per heavy atom. The predicted molar refractivity (Wildman–Crippen MR) is 77.0 cm³/mol. The van der Waals surface area contributed by atoms with E-state index < -0.39 is 0 Å². The van der Waals surface area contributed by atoms with Gasteiger partial charge in [-0.05, 0) is 44.0 Å². The van der Waals surface area contributed by atoms with Gasteiger partial charge >= 0.3 is 0 Å². The number of fused-ring (bicyclic) bond motifs is 2. The van der Waals surface area contributed by atoms with E-state index in [0.29, 0.717) is 12.8 Å². The van der Waals surface area contributed by atoms with Crippen LogP contribution in [-0.4, -0.2) is 48.3 Å². The van der Waals surface area contributed by atoms with Gasteiger partial charge in [0.2, 0.25) is 6.79 Å². The van der Waals surface area contributed by atoms with Crippen LogP contribution in [0.15, 0.2) is 18.2 Å². The van der Waals surface area contributed by atoms with Gasteiger partial charge in [-0.3, -0.25) is 9.80 Å². The zero-order valence-electron chi connectivity index (χ0n) is 12.0. The minimum absolute atomic E-state index is 0.357. The molecule has 0 N–H and O–H groups in total. The molecule has 0 aliphatic carbocycles. The number of rotatable bonds is 2. The molecule has 1 aromatic rings. The van der Waals surface area contributed by atoms with Crippen molar-refractivity contribution in [2.45, 2.75) is 38.4 Å². The zero-order valence-corrected chi connectivity index (χ0v) is 12.0. The summed E-state index contributed by atoms with van der Waals surface area (Å²) in [6.07, 6.45) is 2.73. The van der Waals surface area contributed by atoms with E-state index in [1.54, 1.807) is 0 Å². The van der Waals surface area contributed by atoms with Crippen LogP contribution < -0.4 is 9.47 Å². The lowest BCUT2D eigenvalue weighted by atomic mass is 10.0. The van der Waals surface area contributed by atoms with E-state index in [1.807, 2.05) is 6.07 Å². The molecule has 3 aliphatic rings. The zero-order chi connectivity index (χ0) is 13.5. The van der Waals surface area contributed by atoms with E-state index in [4.69, 9.17) is 9.47 Å². The Hall–Kier alpha value is -1.26. The molecule has 3 aliphatic heterocycles. The van der Waals surface area contributed by atoms with Gasteiger partial charge in [-0.2, -0.15) is 0 Å². The number of ether oxygens (including phenoxy) is 2. The third kappa shape index (κ3) is 2.07. The van der Waals surface area contributed by atoms with Crippen molar-refractivity contribution in [1.82, 2.24) is 9.80 Å². The van der Waals surface area contributed by atoms with Crippen molar-refractivity contribution in [3.05, 3.63) is 23.8 Å². The Balaban J connectivity index is 1.48. The number of hydrogen-bond acceptors (Lipinski definition) is 4. The summed E-state index contributed by atoms with van der Waals surface area (Å²) in [5.74, 6) is 1.78. The molecular formula is C16H22N2O2. The molecular weight excluding hydrogens is 252 g/mol. The third-order valence-electron chi connectivity index (χ3n) is 5.04. The molecule has 2 atom stereocenters. The molecule has 0 aromatic heterocycles. The molecule has 1 aromatic carbocycles. The van der Waals surface area contributed by atoms with Crippen molar-refractivity contribution in [2.75, 3.05) is 26.4 Å². The van der Waals surface area contributed by atoms with Crippen LogP contribution in [0.25, 0.3) is 0 Å². The Morgan fingerprint density at radius 3 is 3.00 bits per heavy atom. The quantitative estimate of drug-likeness (QED) is 0.824. The molecule has 3 heterocycles. The average molecular weight is 274 g/mol. The van der Waals surface area contributed by atoms with Crippen LogP contribution in [-0.2, 0) is 6.54 Å². The molecule has 20 heavy (non-hydrogen) atoms. The van der Waals surface area contributed by atoms with Crippen molar-refractivity contribution in [1.29, 1.82) is 0 Å². The van der Waals surface area contributed by atoms with Crippen molar-refractivity contribution >= 4 is 0 Å². The lowest BCUT2D eigenvalue weighted by molar-refractivity contribution is 0.0470. The first kappa shape index (κ1) is 12.5. The van der Waals surface area contributed by atoms with Gasteiger partial charge in [-0.25, -0.2) is 0 Å². The van der Waals surface area contributed by atoms with Crippen molar-refractivity contribution in [3.63, 3.8) is 0 Å². The lowest BCUT2D eigenvalue weighted by Crippen LogP contribution is -2.55. The molecule has 108 valence electrons. The van der Waals surface area contributed by atoms with Gasteiger partial charge < -0.3 is 9.47 Å². The summed E-state index contributed by atoms with van der Waals surface area (Å²) in [4.78, 5) is 5.28. The highest BCUT2D eigenvalue weighted by Crippen LogP contribution is 2.34. The summed E-state index contributed by atoms with van der Waals surface area (Å²) in [6.45, 7) is 7.45. The van der Waals surface area contributed by atoms with Crippen LogP contribution in [0, 0.1) is 0 Å². The molecule has 2 fully saturated rings. The second-order valence-corrected chi connectivity index (χ2v) is 6.14. The standard InChI is InChI=1S/C16H22N2O2/c1-12-14-3-2-6-17(14)7-8-18(12)10-13-4-5-15-16(9-13)20-11-19-15/h4-5,9,12,14H,2-3,6-8,10-11H2,1H3/t12-,14-/m1/s1. The van der Waals surface area contributed by atoms with Crippen molar-refractivity contribution in [2.24, 2.45) is 0 Å². The minimum Gasteiger partial charge on any atom is -0.454 e. The molecule has 4 rings (SSSR count). The molecule has 4 heteroatoms. The van der Waals surface area contributed by atoms with Gasteiger partial charge in [0.05, 0.1) is 0 Å². The van der Waals surface area contributed by atoms with Gasteiger partial charge in [0.1, 0.15) is 0 Å². The predicted octanol–water partition coefficient (Wildman–Crippen LogP) is 2.08. The normalized spacial score (nSPS) is 29.6. The molecule has 0 saturated carbocycles. The molecule has 0 spiro atoms. The Kier molecular flexibility index (Phi) is 3.08. The van der Waals surface area contributed by atoms with Crippen LogP contribution in [0.1, 0.15) is 25.3 Å². The van der Waals surface area contributed by atoms with E-state index >= 15 is 0 Å².